The first-order chi connectivity index (χ1) is 24.0. The van der Waals surface area contributed by atoms with Crippen molar-refractivity contribution in [3.05, 3.63) is 111 Å². The number of nitrogens with one attached hydrogen (secondary N) is 2. The Hall–Kier alpha value is -6.04. The number of anilines is 3. The number of carbonyl (C=O) groups is 1. The van der Waals surface area contributed by atoms with Crippen LogP contribution in [-0.4, -0.2) is 62.1 Å². The molecule has 5 aromatic rings. The number of nitrogens with zero attached hydrogens (tertiary/aromatic N) is 7. The number of ether oxygens (including phenoxy) is 2. The third-order valence-corrected chi connectivity index (χ3v) is 7.90. The van der Waals surface area contributed by atoms with Gasteiger partial charge in [-0.1, -0.05) is 17.7 Å². The summed E-state index contributed by atoms with van der Waals surface area (Å²) in [7, 11) is 5.51. The number of hydrogen-bond donors (Lipinski definition) is 2. The molecule has 14 nitrogen and oxygen atoms in total. The number of aromatic nitrogens is 4. The summed E-state index contributed by atoms with van der Waals surface area (Å²) in [4.78, 5) is 36.6. The van der Waals surface area contributed by atoms with Crippen molar-refractivity contribution in [2.24, 2.45) is 7.05 Å². The molecule has 0 fully saturated rings. The summed E-state index contributed by atoms with van der Waals surface area (Å²) in [5.41, 5.74) is 3.50. The number of amides is 1. The van der Waals surface area contributed by atoms with Gasteiger partial charge in [-0.3, -0.25) is 14.8 Å². The minimum absolute atomic E-state index is 0.186. The van der Waals surface area contributed by atoms with Crippen LogP contribution in [0.4, 0.5) is 22.9 Å². The lowest BCUT2D eigenvalue weighted by molar-refractivity contribution is -0.898. The number of nitro groups is 1. The molecule has 5 rings (SSSR count). The molecule has 256 valence electrons. The molecule has 15 heteroatoms. The molecule has 0 unspecified atom stereocenters. The Balaban J connectivity index is 1.36. The minimum Gasteiger partial charge on any atom is -0.492 e. The molecule has 0 saturated heterocycles. The molecule has 1 amide bonds. The molecule has 0 spiro atoms. The van der Waals surface area contributed by atoms with E-state index in [2.05, 4.69) is 31.7 Å². The van der Waals surface area contributed by atoms with Gasteiger partial charge in [-0.25, -0.2) is 0 Å². The Morgan fingerprint density at radius 3 is 2.66 bits per heavy atom. The Kier molecular flexibility index (Phi) is 10.9. The molecule has 2 N–H and O–H groups in total. The fourth-order valence-corrected chi connectivity index (χ4v) is 5.39. The van der Waals surface area contributed by atoms with Gasteiger partial charge in [-0.2, -0.15) is 5.26 Å². The molecule has 50 heavy (non-hydrogen) atoms. The van der Waals surface area contributed by atoms with E-state index in [0.717, 1.165) is 5.69 Å². The van der Waals surface area contributed by atoms with E-state index in [-0.39, 0.29) is 18.0 Å². The van der Waals surface area contributed by atoms with E-state index in [1.165, 1.54) is 18.6 Å². The largest absolute Gasteiger partial charge is 0.492 e. The quantitative estimate of drug-likeness (QED) is 0.0582. The first-order valence-electron chi connectivity index (χ1n) is 15.5. The van der Waals surface area contributed by atoms with Crippen molar-refractivity contribution in [3.8, 4) is 17.6 Å². The average Bonchev–Trinajstić information content (AvgIpc) is 3.44. The number of imidazole rings is 1. The zero-order valence-corrected chi connectivity index (χ0v) is 28.6. The van der Waals surface area contributed by atoms with E-state index in [1.54, 1.807) is 54.2 Å². The Morgan fingerprint density at radius 2 is 1.96 bits per heavy atom. The number of quaternary nitrogens is 1. The van der Waals surface area contributed by atoms with Crippen molar-refractivity contribution in [2.45, 2.75) is 20.1 Å². The van der Waals surface area contributed by atoms with Crippen molar-refractivity contribution in [2.75, 3.05) is 37.9 Å². The molecular weight excluding hydrogens is 662 g/mol. The summed E-state index contributed by atoms with van der Waals surface area (Å²) in [6, 6.07) is 16.3. The van der Waals surface area contributed by atoms with Gasteiger partial charge in [0.1, 0.15) is 30.7 Å². The predicted molar refractivity (Wildman–Crippen MR) is 189 cm³/mol. The smallest absolute Gasteiger partial charge is 0.390 e. The van der Waals surface area contributed by atoms with Crippen LogP contribution >= 0.6 is 11.6 Å². The van der Waals surface area contributed by atoms with Gasteiger partial charge in [0.2, 0.25) is 12.2 Å². The van der Waals surface area contributed by atoms with Crippen LogP contribution < -0.4 is 20.1 Å². The number of halogens is 1. The van der Waals surface area contributed by atoms with E-state index >= 15 is 0 Å². The van der Waals surface area contributed by atoms with Gasteiger partial charge in [0.15, 0.2) is 5.69 Å². The lowest BCUT2D eigenvalue weighted by atomic mass is 10.1. The van der Waals surface area contributed by atoms with E-state index in [0.29, 0.717) is 74.4 Å². The van der Waals surface area contributed by atoms with Crippen LogP contribution in [0.15, 0.2) is 79.4 Å². The fraction of sp³-hybridized carbons (Fsp3) is 0.229. The lowest BCUT2D eigenvalue weighted by Gasteiger charge is -2.28. The summed E-state index contributed by atoms with van der Waals surface area (Å²) in [6.07, 6.45) is 7.68. The van der Waals surface area contributed by atoms with E-state index in [1.807, 2.05) is 39.2 Å². The van der Waals surface area contributed by atoms with Gasteiger partial charge in [0.25, 0.3) is 0 Å². The number of carbonyl (C=O) groups excluding carboxylic acids is 1. The lowest BCUT2D eigenvalue weighted by Crippen LogP contribution is -2.39. The molecule has 0 bridgehead atoms. The monoisotopic (exact) mass is 696 g/mol. The number of rotatable bonds is 14. The van der Waals surface area contributed by atoms with E-state index in [4.69, 9.17) is 21.1 Å². The van der Waals surface area contributed by atoms with Crippen molar-refractivity contribution in [1.29, 1.82) is 5.26 Å². The SMILES string of the molecule is CCOc1cc2ncc(C#N)c(Nc3ccc(OCc4ccccn4)c(Cl)c3)c2cc1NC(=O)C=CC[N+](C)(C)Cc1c([N+](=O)[O-])ncn1C. The van der Waals surface area contributed by atoms with Gasteiger partial charge in [-0.15, -0.1) is 0 Å². The summed E-state index contributed by atoms with van der Waals surface area (Å²) >= 11 is 6.56. The first-order valence-corrected chi connectivity index (χ1v) is 15.9. The molecule has 0 aliphatic heterocycles. The van der Waals surface area contributed by atoms with E-state index in [9.17, 15) is 20.2 Å². The van der Waals surface area contributed by atoms with Crippen LogP contribution in [0, 0.1) is 21.4 Å². The summed E-state index contributed by atoms with van der Waals surface area (Å²) < 4.78 is 13.6. The van der Waals surface area contributed by atoms with Crippen LogP contribution in [0.2, 0.25) is 5.02 Å². The molecular formula is C35H35ClN9O5+. The fourth-order valence-electron chi connectivity index (χ4n) is 5.15. The number of aryl methyl sites for hydroxylation is 1. The molecule has 0 atom stereocenters. The predicted octanol–water partition coefficient (Wildman–Crippen LogP) is 6.29. The molecule has 2 aromatic carbocycles. The number of likely N-dealkylation sites (N-methyl/N-ethyl adjacent to an activating group) is 1. The number of benzene rings is 2. The second-order valence-corrected chi connectivity index (χ2v) is 12.3. The molecule has 0 radical (unpaired) electrons. The minimum atomic E-state index is -0.500. The highest BCUT2D eigenvalue weighted by molar-refractivity contribution is 6.32. The second kappa shape index (κ2) is 15.5. The average molecular weight is 697 g/mol. The normalized spacial score (nSPS) is 11.4. The maximum Gasteiger partial charge on any atom is 0.390 e. The highest BCUT2D eigenvalue weighted by Crippen LogP contribution is 2.37. The third-order valence-electron chi connectivity index (χ3n) is 7.61. The highest BCUT2D eigenvalue weighted by Gasteiger charge is 2.27. The molecule has 3 aromatic heterocycles. The second-order valence-electron chi connectivity index (χ2n) is 11.9. The van der Waals surface area contributed by atoms with Gasteiger partial charge < -0.3 is 39.3 Å². The Bertz CT molecular complexity index is 2110. The molecule has 0 aliphatic carbocycles. The molecule has 3 heterocycles. The third kappa shape index (κ3) is 8.51. The first kappa shape index (κ1) is 35.3. The maximum atomic E-state index is 13.1. The Labute approximate surface area is 293 Å². The summed E-state index contributed by atoms with van der Waals surface area (Å²) in [5.74, 6) is 0.280. The Morgan fingerprint density at radius 1 is 1.14 bits per heavy atom. The van der Waals surface area contributed by atoms with Gasteiger partial charge in [0.05, 0.1) is 60.4 Å². The number of fused-ring (bicyclic) bond motifs is 1. The number of nitriles is 1. The van der Waals surface area contributed by atoms with Crippen molar-refractivity contribution in [1.82, 2.24) is 19.5 Å². The number of hydrogen-bond acceptors (Lipinski definition) is 10. The number of pyridine rings is 2. The highest BCUT2D eigenvalue weighted by atomic mass is 35.5. The van der Waals surface area contributed by atoms with Crippen LogP contribution in [0.25, 0.3) is 10.9 Å². The summed E-state index contributed by atoms with van der Waals surface area (Å²) in [5, 5.41) is 28.5. The van der Waals surface area contributed by atoms with E-state index < -0.39 is 10.8 Å². The zero-order valence-electron chi connectivity index (χ0n) is 27.9. The van der Waals surface area contributed by atoms with Crippen molar-refractivity contribution < 1.29 is 23.7 Å². The van der Waals surface area contributed by atoms with Gasteiger partial charge in [0, 0.05) is 42.7 Å². The topological polar surface area (TPSA) is 170 Å². The summed E-state index contributed by atoms with van der Waals surface area (Å²) in [6.45, 7) is 3.15. The maximum absolute atomic E-state index is 13.1. The van der Waals surface area contributed by atoms with Gasteiger partial charge in [-0.05, 0) is 59.3 Å². The van der Waals surface area contributed by atoms with Crippen LogP contribution in [0.3, 0.4) is 0 Å². The van der Waals surface area contributed by atoms with Crippen LogP contribution in [-0.2, 0) is 25.0 Å². The van der Waals surface area contributed by atoms with Crippen LogP contribution in [0.1, 0.15) is 23.9 Å². The molecule has 0 saturated carbocycles. The standard InChI is InChI=1S/C35H34ClN9O5/c1-5-49-32-17-28-26(16-29(32)42-33(46)10-8-14-45(3,4)20-30-35(44(47)48)40-22-43(30)2)34(23(18-37)19-39-28)41-24-11-12-31(27(36)15-24)50-21-25-9-6-7-13-38-25/h6-13,15-17,19,22H,5,14,20-21H2,1-4H3,(H-,39,41,42,46)/p+1. The van der Waals surface area contributed by atoms with Gasteiger partial charge >= 0.3 is 5.82 Å². The van der Waals surface area contributed by atoms with Crippen LogP contribution in [0.5, 0.6) is 11.5 Å². The van der Waals surface area contributed by atoms with Crippen molar-refractivity contribution >= 4 is 51.3 Å². The van der Waals surface area contributed by atoms with Crippen molar-refractivity contribution in [3.63, 3.8) is 0 Å². The molecule has 0 aliphatic rings. The zero-order chi connectivity index (χ0) is 35.8.